The normalized spacial score (nSPS) is 12.9. The van der Waals surface area contributed by atoms with Gasteiger partial charge in [0.05, 0.1) is 24.7 Å². The Kier molecular flexibility index (Phi) is 4.73. The second-order valence-electron chi connectivity index (χ2n) is 5.04. The third-order valence-corrected chi connectivity index (χ3v) is 3.71. The number of benzene rings is 2. The van der Waals surface area contributed by atoms with E-state index in [1.165, 1.54) is 25.3 Å². The van der Waals surface area contributed by atoms with Crippen molar-refractivity contribution in [2.24, 2.45) is 0 Å². The number of halogens is 1. The van der Waals surface area contributed by atoms with Crippen molar-refractivity contribution in [3.05, 3.63) is 56.6 Å². The molecule has 0 saturated carbocycles. The largest absolute Gasteiger partial charge is 0.493 e. The van der Waals surface area contributed by atoms with Crippen molar-refractivity contribution in [3.63, 3.8) is 0 Å². The maximum atomic E-state index is 10.9. The summed E-state index contributed by atoms with van der Waals surface area (Å²) in [6, 6.07) is 7.67. The number of nitrogens with zero attached hydrogens (tertiary/aromatic N) is 1. The fraction of sp³-hybridized carbons (Fsp3) is 0.250. The highest BCUT2D eigenvalue weighted by molar-refractivity contribution is 6.30. The zero-order valence-electron chi connectivity index (χ0n) is 12.8. The molecule has 0 bridgehead atoms. The first-order valence-electron chi connectivity index (χ1n) is 7.05. The minimum atomic E-state index is -0.492. The fourth-order valence-electron chi connectivity index (χ4n) is 2.41. The van der Waals surface area contributed by atoms with Gasteiger partial charge < -0.3 is 18.9 Å². The van der Waals surface area contributed by atoms with Gasteiger partial charge in [-0.05, 0) is 18.2 Å². The Bertz CT molecular complexity index is 779. The Labute approximate surface area is 142 Å². The Morgan fingerprint density at radius 3 is 2.88 bits per heavy atom. The van der Waals surface area contributed by atoms with Crippen LogP contribution in [0.3, 0.4) is 0 Å². The van der Waals surface area contributed by atoms with Crippen LogP contribution in [0.2, 0.25) is 5.02 Å². The highest BCUT2D eigenvalue weighted by atomic mass is 35.5. The molecule has 1 heterocycles. The molecule has 2 aromatic rings. The van der Waals surface area contributed by atoms with Crippen molar-refractivity contribution in [2.75, 3.05) is 13.9 Å². The van der Waals surface area contributed by atoms with Gasteiger partial charge in [0.15, 0.2) is 18.3 Å². The lowest BCUT2D eigenvalue weighted by Crippen LogP contribution is -2.14. The zero-order chi connectivity index (χ0) is 17.1. The topological polar surface area (TPSA) is 80.1 Å². The van der Waals surface area contributed by atoms with Crippen LogP contribution in [-0.2, 0) is 18.0 Å². The molecule has 0 N–H and O–H groups in total. The summed E-state index contributed by atoms with van der Waals surface area (Å²) in [5.74, 6) is 1.34. The third kappa shape index (κ3) is 3.37. The van der Waals surface area contributed by atoms with E-state index in [1.54, 1.807) is 12.1 Å². The van der Waals surface area contributed by atoms with Crippen LogP contribution >= 0.6 is 11.6 Å². The van der Waals surface area contributed by atoms with Crippen molar-refractivity contribution < 1.29 is 23.9 Å². The predicted molar refractivity (Wildman–Crippen MR) is 85.7 cm³/mol. The number of non-ortho nitro benzene ring substituents is 1. The molecule has 7 nitrogen and oxygen atoms in total. The van der Waals surface area contributed by atoms with Gasteiger partial charge in [-0.25, -0.2) is 0 Å². The van der Waals surface area contributed by atoms with Crippen LogP contribution < -0.4 is 14.2 Å². The molecular weight excluding hydrogens is 338 g/mol. The fourth-order valence-corrected chi connectivity index (χ4v) is 2.67. The molecule has 0 unspecified atom stereocenters. The summed E-state index contributed by atoms with van der Waals surface area (Å²) in [7, 11) is 1.47. The van der Waals surface area contributed by atoms with E-state index in [4.69, 9.17) is 30.5 Å². The zero-order valence-corrected chi connectivity index (χ0v) is 13.5. The molecule has 2 aromatic carbocycles. The van der Waals surface area contributed by atoms with E-state index in [9.17, 15) is 10.1 Å². The number of fused-ring (bicyclic) bond motifs is 1. The molecule has 0 saturated heterocycles. The van der Waals surface area contributed by atoms with Crippen LogP contribution in [-0.4, -0.2) is 18.8 Å². The lowest BCUT2D eigenvalue weighted by molar-refractivity contribution is -0.385. The van der Waals surface area contributed by atoms with Crippen molar-refractivity contribution in [3.8, 4) is 17.2 Å². The molecule has 0 aliphatic carbocycles. The second-order valence-corrected chi connectivity index (χ2v) is 5.48. The SMILES string of the molecule is COc1ccc([N+](=O)[O-])cc1OCc1cc(Cl)cc2c1OCOC2. The van der Waals surface area contributed by atoms with Gasteiger partial charge in [-0.15, -0.1) is 0 Å². The molecule has 0 spiro atoms. The van der Waals surface area contributed by atoms with E-state index in [0.29, 0.717) is 23.1 Å². The van der Waals surface area contributed by atoms with E-state index in [1.807, 2.05) is 0 Å². The summed E-state index contributed by atoms with van der Waals surface area (Å²) in [6.07, 6.45) is 0. The summed E-state index contributed by atoms with van der Waals surface area (Å²) in [6.45, 7) is 0.686. The molecule has 24 heavy (non-hydrogen) atoms. The van der Waals surface area contributed by atoms with Crippen LogP contribution in [0.1, 0.15) is 11.1 Å². The lowest BCUT2D eigenvalue weighted by atomic mass is 10.1. The summed E-state index contributed by atoms with van der Waals surface area (Å²) < 4.78 is 21.6. The van der Waals surface area contributed by atoms with Crippen LogP contribution in [0, 0.1) is 10.1 Å². The lowest BCUT2D eigenvalue weighted by Gasteiger charge is -2.21. The Hall–Kier alpha value is -2.51. The minimum Gasteiger partial charge on any atom is -0.493 e. The second kappa shape index (κ2) is 6.94. The monoisotopic (exact) mass is 351 g/mol. The summed E-state index contributed by atoms with van der Waals surface area (Å²) >= 11 is 6.11. The molecule has 8 heteroatoms. The molecule has 1 aliphatic rings. The number of rotatable bonds is 5. The molecule has 126 valence electrons. The van der Waals surface area contributed by atoms with Crippen LogP contribution in [0.25, 0.3) is 0 Å². The molecule has 0 atom stereocenters. The molecule has 0 radical (unpaired) electrons. The highest BCUT2D eigenvalue weighted by Gasteiger charge is 2.18. The van der Waals surface area contributed by atoms with E-state index in [0.717, 1.165) is 11.1 Å². The van der Waals surface area contributed by atoms with Gasteiger partial charge in [-0.3, -0.25) is 10.1 Å². The summed E-state index contributed by atoms with van der Waals surface area (Å²) in [5.41, 5.74) is 1.48. The number of ether oxygens (including phenoxy) is 4. The molecule has 3 rings (SSSR count). The van der Waals surface area contributed by atoms with Crippen LogP contribution in [0.4, 0.5) is 5.69 Å². The maximum Gasteiger partial charge on any atom is 0.273 e. The van der Waals surface area contributed by atoms with E-state index < -0.39 is 4.92 Å². The first-order chi connectivity index (χ1) is 11.6. The van der Waals surface area contributed by atoms with Crippen molar-refractivity contribution >= 4 is 17.3 Å². The highest BCUT2D eigenvalue weighted by Crippen LogP contribution is 2.35. The van der Waals surface area contributed by atoms with E-state index in [-0.39, 0.29) is 24.8 Å². The standard InChI is InChI=1S/C16H14ClNO6/c1-21-14-3-2-13(18(19)20)6-15(14)23-8-11-5-12(17)4-10-7-22-9-24-16(10)11/h2-6H,7-9H2,1H3. The summed E-state index contributed by atoms with van der Waals surface area (Å²) in [5, 5.41) is 11.5. The van der Waals surface area contributed by atoms with Gasteiger partial charge in [0.1, 0.15) is 12.4 Å². The number of nitro benzene ring substituents is 1. The maximum absolute atomic E-state index is 10.9. The van der Waals surface area contributed by atoms with Crippen molar-refractivity contribution in [1.29, 1.82) is 0 Å². The van der Waals surface area contributed by atoms with E-state index >= 15 is 0 Å². The first kappa shape index (κ1) is 16.4. The number of hydrogen-bond donors (Lipinski definition) is 0. The first-order valence-corrected chi connectivity index (χ1v) is 7.43. The van der Waals surface area contributed by atoms with Gasteiger partial charge in [0.25, 0.3) is 5.69 Å². The Balaban J connectivity index is 1.87. The van der Waals surface area contributed by atoms with Gasteiger partial charge >= 0.3 is 0 Å². The van der Waals surface area contributed by atoms with Crippen molar-refractivity contribution in [1.82, 2.24) is 0 Å². The smallest absolute Gasteiger partial charge is 0.273 e. The van der Waals surface area contributed by atoms with Crippen LogP contribution in [0.15, 0.2) is 30.3 Å². The van der Waals surface area contributed by atoms with Gasteiger partial charge in [0, 0.05) is 22.2 Å². The number of methoxy groups -OCH3 is 1. The van der Waals surface area contributed by atoms with Crippen molar-refractivity contribution in [2.45, 2.75) is 13.2 Å². The Morgan fingerprint density at radius 1 is 1.29 bits per heavy atom. The van der Waals surface area contributed by atoms with E-state index in [2.05, 4.69) is 0 Å². The summed E-state index contributed by atoms with van der Waals surface area (Å²) in [4.78, 5) is 10.4. The number of hydrogen-bond acceptors (Lipinski definition) is 6. The quantitative estimate of drug-likeness (QED) is 0.603. The number of nitro groups is 1. The third-order valence-electron chi connectivity index (χ3n) is 3.49. The minimum absolute atomic E-state index is 0.0800. The Morgan fingerprint density at radius 2 is 2.12 bits per heavy atom. The van der Waals surface area contributed by atoms with Gasteiger partial charge in [-0.1, -0.05) is 11.6 Å². The molecular formula is C16H14ClNO6. The predicted octanol–water partition coefficient (Wildman–Crippen LogP) is 3.70. The van der Waals surface area contributed by atoms with Crippen LogP contribution in [0.5, 0.6) is 17.2 Å². The average Bonchev–Trinajstić information content (AvgIpc) is 2.59. The molecule has 0 aromatic heterocycles. The average molecular weight is 352 g/mol. The van der Waals surface area contributed by atoms with Gasteiger partial charge in [0.2, 0.25) is 0 Å². The molecule has 0 amide bonds. The van der Waals surface area contributed by atoms with Gasteiger partial charge in [-0.2, -0.15) is 0 Å². The molecule has 1 aliphatic heterocycles. The molecule has 0 fully saturated rings.